The third-order valence-corrected chi connectivity index (χ3v) is 3.13. The minimum atomic E-state index is 0.0719. The van der Waals surface area contributed by atoms with Crippen molar-refractivity contribution < 1.29 is 4.79 Å². The predicted octanol–water partition coefficient (Wildman–Crippen LogP) is 1.20. The molecule has 0 spiro atoms. The zero-order valence-electron chi connectivity index (χ0n) is 10.9. The van der Waals surface area contributed by atoms with E-state index in [2.05, 4.69) is 10.1 Å². The number of carbonyl (C=O) groups is 1. The fourth-order valence-corrected chi connectivity index (χ4v) is 2.28. The Morgan fingerprint density at radius 3 is 2.95 bits per heavy atom. The second-order valence-electron chi connectivity index (χ2n) is 4.43. The first kappa shape index (κ1) is 11.7. The number of ketones is 1. The summed E-state index contributed by atoms with van der Waals surface area (Å²) in [6.07, 6.45) is 5.12. The standard InChI is InChI=1S/C13H15N5O/c1-3-17-15-10(2)13-7-12(19)9-16(18(13)17)11-5-4-6-14-8-11/h4-8H,3,9H2,1-2H3. The molecule has 6 nitrogen and oxygen atoms in total. The van der Waals surface area contributed by atoms with Gasteiger partial charge in [0.25, 0.3) is 0 Å². The van der Waals surface area contributed by atoms with Gasteiger partial charge in [0.2, 0.25) is 0 Å². The third kappa shape index (κ3) is 1.85. The van der Waals surface area contributed by atoms with Crippen molar-refractivity contribution in [1.29, 1.82) is 0 Å². The van der Waals surface area contributed by atoms with Crippen molar-refractivity contribution in [3.63, 3.8) is 0 Å². The summed E-state index contributed by atoms with van der Waals surface area (Å²) >= 11 is 0. The van der Waals surface area contributed by atoms with E-state index in [9.17, 15) is 4.79 Å². The molecule has 6 heteroatoms. The van der Waals surface area contributed by atoms with Gasteiger partial charge in [0, 0.05) is 12.3 Å². The maximum atomic E-state index is 11.9. The summed E-state index contributed by atoms with van der Waals surface area (Å²) in [7, 11) is 0. The van der Waals surface area contributed by atoms with Crippen molar-refractivity contribution in [3.05, 3.63) is 36.3 Å². The second-order valence-corrected chi connectivity index (χ2v) is 4.43. The van der Waals surface area contributed by atoms with Gasteiger partial charge in [-0.05, 0) is 26.0 Å². The Morgan fingerprint density at radius 2 is 2.26 bits per heavy atom. The fourth-order valence-electron chi connectivity index (χ4n) is 2.28. The highest BCUT2D eigenvalue weighted by molar-refractivity contribution is 6.07. The second kappa shape index (κ2) is 4.38. The zero-order valence-corrected chi connectivity index (χ0v) is 10.9. The van der Waals surface area contributed by atoms with Crippen LogP contribution in [0.3, 0.4) is 0 Å². The number of fused-ring (bicyclic) bond motifs is 1. The van der Waals surface area contributed by atoms with E-state index in [0.29, 0.717) is 6.54 Å². The lowest BCUT2D eigenvalue weighted by atomic mass is 10.2. The number of hydrogen-bond acceptors (Lipinski definition) is 6. The van der Waals surface area contributed by atoms with Gasteiger partial charge in [-0.3, -0.25) is 14.8 Å². The maximum Gasteiger partial charge on any atom is 0.179 e. The minimum absolute atomic E-state index is 0.0719. The lowest BCUT2D eigenvalue weighted by Gasteiger charge is -2.41. The first-order valence-corrected chi connectivity index (χ1v) is 6.26. The van der Waals surface area contributed by atoms with Gasteiger partial charge in [0.05, 0.1) is 24.1 Å². The molecule has 1 aromatic rings. The summed E-state index contributed by atoms with van der Waals surface area (Å²) in [6, 6.07) is 3.79. The monoisotopic (exact) mass is 257 g/mol. The number of carbonyl (C=O) groups excluding carboxylic acids is 1. The van der Waals surface area contributed by atoms with Crippen LogP contribution in [0.25, 0.3) is 0 Å². The summed E-state index contributed by atoms with van der Waals surface area (Å²) in [5.74, 6) is 0.0719. The number of hydrazine groups is 2. The quantitative estimate of drug-likeness (QED) is 0.796. The molecule has 98 valence electrons. The largest absolute Gasteiger partial charge is 0.293 e. The Labute approximate surface area is 111 Å². The number of nitrogens with zero attached hydrogens (tertiary/aromatic N) is 5. The average Bonchev–Trinajstić information content (AvgIpc) is 2.76. The Kier molecular flexibility index (Phi) is 2.70. The highest BCUT2D eigenvalue weighted by Crippen LogP contribution is 2.29. The Balaban J connectivity index is 2.03. The van der Waals surface area contributed by atoms with Gasteiger partial charge in [0.15, 0.2) is 5.78 Å². The highest BCUT2D eigenvalue weighted by atomic mass is 16.1. The molecule has 0 N–H and O–H groups in total. The Morgan fingerprint density at radius 1 is 1.42 bits per heavy atom. The number of aromatic nitrogens is 1. The van der Waals surface area contributed by atoms with E-state index < -0.39 is 0 Å². The third-order valence-electron chi connectivity index (χ3n) is 3.13. The van der Waals surface area contributed by atoms with Crippen LogP contribution in [0.15, 0.2) is 41.4 Å². The molecular weight excluding hydrogens is 242 g/mol. The van der Waals surface area contributed by atoms with E-state index in [1.54, 1.807) is 18.5 Å². The van der Waals surface area contributed by atoms with Crippen molar-refractivity contribution in [3.8, 4) is 0 Å². The van der Waals surface area contributed by atoms with Gasteiger partial charge in [-0.15, -0.1) is 0 Å². The number of hydrazone groups is 1. The molecule has 2 aliphatic rings. The molecule has 0 saturated carbocycles. The van der Waals surface area contributed by atoms with Crippen LogP contribution in [0.1, 0.15) is 13.8 Å². The van der Waals surface area contributed by atoms with E-state index in [4.69, 9.17) is 0 Å². The van der Waals surface area contributed by atoms with Crippen molar-refractivity contribution >= 4 is 17.2 Å². The van der Waals surface area contributed by atoms with Crippen LogP contribution in [0.2, 0.25) is 0 Å². The molecule has 3 rings (SSSR count). The molecule has 0 aliphatic carbocycles. The fraction of sp³-hybridized carbons (Fsp3) is 0.308. The van der Waals surface area contributed by atoms with Gasteiger partial charge in [-0.25, -0.2) is 0 Å². The molecule has 2 aliphatic heterocycles. The minimum Gasteiger partial charge on any atom is -0.293 e. The molecule has 0 saturated heterocycles. The van der Waals surface area contributed by atoms with Gasteiger partial charge < -0.3 is 0 Å². The number of pyridine rings is 1. The summed E-state index contributed by atoms with van der Waals surface area (Å²) in [4.78, 5) is 16.0. The molecule has 0 atom stereocenters. The number of hydrogen-bond donors (Lipinski definition) is 0. The summed E-state index contributed by atoms with van der Waals surface area (Å²) in [5, 5.41) is 10.1. The van der Waals surface area contributed by atoms with Crippen molar-refractivity contribution in [2.24, 2.45) is 5.10 Å². The summed E-state index contributed by atoms with van der Waals surface area (Å²) in [5.41, 5.74) is 2.57. The highest BCUT2D eigenvalue weighted by Gasteiger charge is 2.35. The number of anilines is 1. The van der Waals surface area contributed by atoms with Crippen LogP contribution in [0.5, 0.6) is 0 Å². The molecule has 3 heterocycles. The summed E-state index contributed by atoms with van der Waals surface area (Å²) < 4.78 is 0. The Hall–Kier alpha value is -2.37. The zero-order chi connectivity index (χ0) is 13.4. The van der Waals surface area contributed by atoms with E-state index in [1.807, 2.05) is 41.2 Å². The van der Waals surface area contributed by atoms with Gasteiger partial charge >= 0.3 is 0 Å². The predicted molar refractivity (Wildman–Crippen MR) is 72.0 cm³/mol. The van der Waals surface area contributed by atoms with Crippen LogP contribution in [0, 0.1) is 0 Å². The van der Waals surface area contributed by atoms with E-state index in [0.717, 1.165) is 23.6 Å². The molecular formula is C13H15N5O. The summed E-state index contributed by atoms with van der Waals surface area (Å²) in [6.45, 7) is 4.97. The maximum absolute atomic E-state index is 11.9. The first-order chi connectivity index (χ1) is 9.20. The molecule has 0 amide bonds. The number of allylic oxidation sites excluding steroid dienone is 1. The van der Waals surface area contributed by atoms with Gasteiger partial charge in [-0.2, -0.15) is 15.3 Å². The number of rotatable bonds is 2. The van der Waals surface area contributed by atoms with Gasteiger partial charge in [-0.1, -0.05) is 0 Å². The van der Waals surface area contributed by atoms with E-state index in [-0.39, 0.29) is 5.78 Å². The normalized spacial score (nSPS) is 18.4. The molecule has 0 fully saturated rings. The average molecular weight is 257 g/mol. The smallest absolute Gasteiger partial charge is 0.179 e. The molecule has 0 unspecified atom stereocenters. The Bertz CT molecular complexity index is 566. The molecule has 0 aromatic carbocycles. The molecule has 1 aromatic heterocycles. The van der Waals surface area contributed by atoms with Crippen molar-refractivity contribution in [1.82, 2.24) is 15.2 Å². The van der Waals surface area contributed by atoms with Crippen LogP contribution in [-0.4, -0.2) is 39.8 Å². The molecule has 0 radical (unpaired) electrons. The van der Waals surface area contributed by atoms with Crippen LogP contribution in [0.4, 0.5) is 5.69 Å². The molecule has 19 heavy (non-hydrogen) atoms. The van der Waals surface area contributed by atoms with Gasteiger partial charge in [0.1, 0.15) is 12.2 Å². The van der Waals surface area contributed by atoms with Crippen LogP contribution < -0.4 is 5.01 Å². The van der Waals surface area contributed by atoms with Crippen molar-refractivity contribution in [2.75, 3.05) is 18.1 Å². The van der Waals surface area contributed by atoms with E-state index in [1.165, 1.54) is 0 Å². The van der Waals surface area contributed by atoms with Crippen LogP contribution in [-0.2, 0) is 4.79 Å². The van der Waals surface area contributed by atoms with Crippen LogP contribution >= 0.6 is 0 Å². The lowest BCUT2D eigenvalue weighted by Crippen LogP contribution is -2.53. The topological polar surface area (TPSA) is 52.0 Å². The molecule has 0 bridgehead atoms. The van der Waals surface area contributed by atoms with Crippen molar-refractivity contribution in [2.45, 2.75) is 13.8 Å². The lowest BCUT2D eigenvalue weighted by molar-refractivity contribution is -0.115. The SMILES string of the molecule is CCN1N=C(C)C2=CC(=O)CN(c3cccnc3)N21. The first-order valence-electron chi connectivity index (χ1n) is 6.26. The van der Waals surface area contributed by atoms with E-state index >= 15 is 0 Å².